The van der Waals surface area contributed by atoms with Crippen molar-refractivity contribution >= 4 is 10.0 Å². The number of aryl methyl sites for hydroxylation is 1. The molecule has 108 valence electrons. The van der Waals surface area contributed by atoms with Gasteiger partial charge in [-0.15, -0.1) is 10.2 Å². The lowest BCUT2D eigenvalue weighted by Gasteiger charge is -2.06. The second kappa shape index (κ2) is 6.02. The van der Waals surface area contributed by atoms with Gasteiger partial charge in [0.05, 0.1) is 18.0 Å². The van der Waals surface area contributed by atoms with E-state index < -0.39 is 10.0 Å². The van der Waals surface area contributed by atoms with Crippen molar-refractivity contribution in [2.75, 3.05) is 6.61 Å². The lowest BCUT2D eigenvalue weighted by Crippen LogP contribution is -2.23. The first-order valence-electron chi connectivity index (χ1n) is 6.03. The fraction of sp³-hybridized carbons (Fsp3) is 0.333. The number of hydrogen-bond donors (Lipinski definition) is 1. The molecule has 0 fully saturated rings. The van der Waals surface area contributed by atoms with E-state index in [1.54, 1.807) is 19.1 Å². The smallest absolute Gasteiger partial charge is 0.241 e. The summed E-state index contributed by atoms with van der Waals surface area (Å²) in [6, 6.07) is 6.17. The average Bonchev–Trinajstić information content (AvgIpc) is 2.84. The van der Waals surface area contributed by atoms with Crippen molar-refractivity contribution in [3.8, 4) is 5.75 Å². The Balaban J connectivity index is 2.05. The van der Waals surface area contributed by atoms with Crippen LogP contribution in [0.3, 0.4) is 0 Å². The van der Waals surface area contributed by atoms with E-state index in [1.165, 1.54) is 12.1 Å². The molecule has 0 unspecified atom stereocenters. The van der Waals surface area contributed by atoms with Gasteiger partial charge in [0.1, 0.15) is 5.75 Å². The van der Waals surface area contributed by atoms with Crippen LogP contribution in [0.4, 0.5) is 0 Å². The third kappa shape index (κ3) is 3.55. The number of nitrogens with one attached hydrogen (secondary N) is 1. The Kier molecular flexibility index (Phi) is 4.35. The zero-order valence-corrected chi connectivity index (χ0v) is 12.0. The maximum atomic E-state index is 12.0. The number of nitrogens with zero attached hydrogens (tertiary/aromatic N) is 2. The van der Waals surface area contributed by atoms with E-state index in [1.807, 2.05) is 6.92 Å². The maximum Gasteiger partial charge on any atom is 0.241 e. The zero-order valence-electron chi connectivity index (χ0n) is 11.2. The summed E-state index contributed by atoms with van der Waals surface area (Å²) in [4.78, 5) is 0.150. The van der Waals surface area contributed by atoms with E-state index >= 15 is 0 Å². The van der Waals surface area contributed by atoms with Gasteiger partial charge in [0.2, 0.25) is 21.8 Å². The molecule has 0 aliphatic heterocycles. The van der Waals surface area contributed by atoms with Crippen LogP contribution in [0.5, 0.6) is 5.75 Å². The van der Waals surface area contributed by atoms with Gasteiger partial charge in [-0.2, -0.15) is 0 Å². The van der Waals surface area contributed by atoms with Crippen molar-refractivity contribution < 1.29 is 17.6 Å². The van der Waals surface area contributed by atoms with E-state index in [4.69, 9.17) is 9.15 Å². The minimum absolute atomic E-state index is 0.0453. The molecular weight excluding hydrogens is 282 g/mol. The Morgan fingerprint density at radius 3 is 2.50 bits per heavy atom. The average molecular weight is 297 g/mol. The van der Waals surface area contributed by atoms with E-state index in [0.717, 1.165) is 0 Å². The molecule has 2 aromatic rings. The number of benzene rings is 1. The van der Waals surface area contributed by atoms with Gasteiger partial charge in [-0.3, -0.25) is 0 Å². The van der Waals surface area contributed by atoms with Crippen molar-refractivity contribution in [3.63, 3.8) is 0 Å². The molecule has 0 amide bonds. The normalized spacial score (nSPS) is 11.5. The largest absolute Gasteiger partial charge is 0.494 e. The summed E-state index contributed by atoms with van der Waals surface area (Å²) in [5.41, 5.74) is 0. The molecule has 2 rings (SSSR count). The van der Waals surface area contributed by atoms with Crippen molar-refractivity contribution in [1.29, 1.82) is 0 Å². The molecule has 1 aromatic heterocycles. The molecule has 1 aromatic carbocycles. The predicted molar refractivity (Wildman–Crippen MR) is 70.7 cm³/mol. The molecule has 0 saturated carbocycles. The van der Waals surface area contributed by atoms with Crippen molar-refractivity contribution in [2.24, 2.45) is 0 Å². The lowest BCUT2D eigenvalue weighted by molar-refractivity contribution is 0.340. The van der Waals surface area contributed by atoms with Crippen LogP contribution in [-0.4, -0.2) is 25.2 Å². The third-order valence-electron chi connectivity index (χ3n) is 2.43. The Morgan fingerprint density at radius 1 is 1.25 bits per heavy atom. The van der Waals surface area contributed by atoms with E-state index in [-0.39, 0.29) is 17.3 Å². The van der Waals surface area contributed by atoms with Crippen LogP contribution >= 0.6 is 0 Å². The van der Waals surface area contributed by atoms with E-state index in [2.05, 4.69) is 14.9 Å². The fourth-order valence-electron chi connectivity index (χ4n) is 1.53. The Morgan fingerprint density at radius 2 is 1.95 bits per heavy atom. The minimum Gasteiger partial charge on any atom is -0.494 e. The maximum absolute atomic E-state index is 12.0. The summed E-state index contributed by atoms with van der Waals surface area (Å²) in [6.45, 7) is 3.98. The first kappa shape index (κ1) is 14.5. The van der Waals surface area contributed by atoms with Crippen molar-refractivity contribution in [3.05, 3.63) is 36.0 Å². The van der Waals surface area contributed by atoms with Gasteiger partial charge in [0, 0.05) is 6.92 Å². The summed E-state index contributed by atoms with van der Waals surface area (Å²) >= 11 is 0. The summed E-state index contributed by atoms with van der Waals surface area (Å²) in [5.74, 6) is 1.23. The molecule has 20 heavy (non-hydrogen) atoms. The van der Waals surface area contributed by atoms with E-state index in [9.17, 15) is 8.42 Å². The molecular formula is C12H15N3O4S. The highest BCUT2D eigenvalue weighted by Gasteiger charge is 2.15. The SMILES string of the molecule is CCOc1ccc(S(=O)(=O)NCc2nnc(C)o2)cc1. The standard InChI is InChI=1S/C12H15N3O4S/c1-3-18-10-4-6-11(7-5-10)20(16,17)13-8-12-15-14-9(2)19-12/h4-7,13H,3,8H2,1-2H3. The molecule has 1 N–H and O–H groups in total. The molecule has 0 radical (unpaired) electrons. The fourth-order valence-corrected chi connectivity index (χ4v) is 2.51. The molecule has 0 aliphatic rings. The van der Waals surface area contributed by atoms with Gasteiger partial charge in [0.15, 0.2) is 0 Å². The highest BCUT2D eigenvalue weighted by atomic mass is 32.2. The number of sulfonamides is 1. The van der Waals surface area contributed by atoms with Gasteiger partial charge in [-0.05, 0) is 31.2 Å². The summed E-state index contributed by atoms with van der Waals surface area (Å²) in [5, 5.41) is 7.34. The third-order valence-corrected chi connectivity index (χ3v) is 3.84. The quantitative estimate of drug-likeness (QED) is 0.862. The van der Waals surface area contributed by atoms with Crippen molar-refractivity contribution in [1.82, 2.24) is 14.9 Å². The Labute approximate surface area is 117 Å². The summed E-state index contributed by atoms with van der Waals surface area (Å²) < 4.78 is 36.8. The Bertz CT molecular complexity index is 664. The molecule has 0 atom stereocenters. The number of ether oxygens (including phenoxy) is 1. The Hall–Kier alpha value is -1.93. The van der Waals surface area contributed by atoms with Crippen molar-refractivity contribution in [2.45, 2.75) is 25.3 Å². The second-order valence-corrected chi connectivity index (χ2v) is 5.71. The van der Waals surface area contributed by atoms with Gasteiger partial charge >= 0.3 is 0 Å². The molecule has 0 spiro atoms. The summed E-state index contributed by atoms with van der Waals surface area (Å²) in [6.07, 6.45) is 0. The molecule has 7 nitrogen and oxygen atoms in total. The lowest BCUT2D eigenvalue weighted by atomic mass is 10.3. The van der Waals surface area contributed by atoms with Crippen LogP contribution < -0.4 is 9.46 Å². The molecule has 0 saturated heterocycles. The highest BCUT2D eigenvalue weighted by Crippen LogP contribution is 2.16. The molecule has 8 heteroatoms. The van der Waals surface area contributed by atoms with Crippen LogP contribution in [0.1, 0.15) is 18.7 Å². The van der Waals surface area contributed by atoms with Gasteiger partial charge < -0.3 is 9.15 Å². The van der Waals surface area contributed by atoms with Gasteiger partial charge in [0.25, 0.3) is 0 Å². The first-order chi connectivity index (χ1) is 9.51. The van der Waals surface area contributed by atoms with E-state index in [0.29, 0.717) is 18.2 Å². The van der Waals surface area contributed by atoms with Gasteiger partial charge in [-0.1, -0.05) is 0 Å². The predicted octanol–water partition coefficient (Wildman–Crippen LogP) is 1.26. The van der Waals surface area contributed by atoms with Crippen LogP contribution in [0.25, 0.3) is 0 Å². The zero-order chi connectivity index (χ0) is 14.6. The van der Waals surface area contributed by atoms with Crippen LogP contribution in [0, 0.1) is 6.92 Å². The molecule has 0 aliphatic carbocycles. The number of aromatic nitrogens is 2. The van der Waals surface area contributed by atoms with Crippen LogP contribution in [0.2, 0.25) is 0 Å². The summed E-state index contributed by atoms with van der Waals surface area (Å²) in [7, 11) is -3.61. The molecule has 0 bridgehead atoms. The second-order valence-electron chi connectivity index (χ2n) is 3.94. The highest BCUT2D eigenvalue weighted by molar-refractivity contribution is 7.89. The van der Waals surface area contributed by atoms with Gasteiger partial charge in [-0.25, -0.2) is 13.1 Å². The topological polar surface area (TPSA) is 94.3 Å². The minimum atomic E-state index is -3.61. The number of rotatable bonds is 6. The van der Waals surface area contributed by atoms with Crippen LogP contribution in [0.15, 0.2) is 33.6 Å². The first-order valence-corrected chi connectivity index (χ1v) is 7.51. The number of hydrogen-bond acceptors (Lipinski definition) is 6. The monoisotopic (exact) mass is 297 g/mol. The van der Waals surface area contributed by atoms with Crippen LogP contribution in [-0.2, 0) is 16.6 Å². The molecule has 1 heterocycles.